The minimum Gasteiger partial charge on any atom is -0.481 e. The highest BCUT2D eigenvalue weighted by atomic mass is 16.5. The lowest BCUT2D eigenvalue weighted by Crippen LogP contribution is -2.62. The van der Waals surface area contributed by atoms with E-state index in [4.69, 9.17) is 4.74 Å². The Labute approximate surface area is 201 Å². The van der Waals surface area contributed by atoms with E-state index in [1.165, 1.54) is 44.9 Å². The first-order valence-electron chi connectivity index (χ1n) is 13.7. The van der Waals surface area contributed by atoms with Gasteiger partial charge in [-0.15, -0.1) is 0 Å². The van der Waals surface area contributed by atoms with E-state index in [1.807, 2.05) is 0 Å². The van der Waals surface area contributed by atoms with Crippen LogP contribution in [0.1, 0.15) is 113 Å². The molecule has 0 aromatic rings. The van der Waals surface area contributed by atoms with Crippen LogP contribution in [0.2, 0.25) is 0 Å². The minimum atomic E-state index is -0.658. The van der Waals surface area contributed by atoms with Crippen molar-refractivity contribution in [1.82, 2.24) is 0 Å². The third kappa shape index (κ3) is 3.68. The van der Waals surface area contributed by atoms with Crippen LogP contribution < -0.4 is 0 Å². The van der Waals surface area contributed by atoms with Gasteiger partial charge in [0.2, 0.25) is 0 Å². The van der Waals surface area contributed by atoms with Crippen molar-refractivity contribution < 1.29 is 19.4 Å². The van der Waals surface area contributed by atoms with Crippen molar-refractivity contribution in [2.75, 3.05) is 0 Å². The number of rotatable bonds is 5. The largest absolute Gasteiger partial charge is 0.481 e. The second kappa shape index (κ2) is 8.26. The number of carbonyl (C=O) groups is 2. The summed E-state index contributed by atoms with van der Waals surface area (Å²) in [6, 6.07) is 0. The normalized spacial score (nSPS) is 47.1. The van der Waals surface area contributed by atoms with Crippen molar-refractivity contribution in [1.29, 1.82) is 0 Å². The average molecular weight is 461 g/mol. The van der Waals surface area contributed by atoms with Gasteiger partial charge in [-0.2, -0.15) is 0 Å². The number of hydrogen-bond donors (Lipinski definition) is 1. The Morgan fingerprint density at radius 3 is 2.21 bits per heavy atom. The number of carboxylic acids is 1. The van der Waals surface area contributed by atoms with Crippen LogP contribution in [-0.2, 0) is 14.3 Å². The first-order chi connectivity index (χ1) is 15.3. The fourth-order valence-corrected chi connectivity index (χ4v) is 10.4. The molecule has 0 bridgehead atoms. The zero-order valence-electron chi connectivity index (χ0n) is 22.2. The Bertz CT molecular complexity index is 788. The van der Waals surface area contributed by atoms with Crippen molar-refractivity contribution >= 4 is 11.9 Å². The molecule has 4 fully saturated rings. The second-order valence-corrected chi connectivity index (χ2v) is 13.7. The van der Waals surface area contributed by atoms with Crippen LogP contribution in [0.3, 0.4) is 0 Å². The summed E-state index contributed by atoms with van der Waals surface area (Å²) >= 11 is 0. The van der Waals surface area contributed by atoms with E-state index in [1.54, 1.807) is 6.92 Å². The van der Waals surface area contributed by atoms with Crippen LogP contribution in [0.25, 0.3) is 0 Å². The maximum Gasteiger partial charge on any atom is 0.303 e. The van der Waals surface area contributed by atoms with Crippen LogP contribution in [0, 0.1) is 51.2 Å². The van der Waals surface area contributed by atoms with E-state index in [2.05, 4.69) is 41.5 Å². The number of esters is 1. The van der Waals surface area contributed by atoms with Gasteiger partial charge < -0.3 is 9.84 Å². The highest BCUT2D eigenvalue weighted by molar-refractivity contribution is 5.66. The predicted octanol–water partition coefficient (Wildman–Crippen LogP) is 7.10. The van der Waals surface area contributed by atoms with Crippen molar-refractivity contribution in [2.45, 2.75) is 119 Å². The Balaban J connectivity index is 1.58. The molecule has 0 amide bonds. The molecule has 4 heteroatoms. The Kier molecular flexibility index (Phi) is 6.27. The first kappa shape index (κ1) is 25.0. The molecule has 4 nitrogen and oxygen atoms in total. The van der Waals surface area contributed by atoms with Crippen LogP contribution in [0.5, 0.6) is 0 Å². The van der Waals surface area contributed by atoms with Gasteiger partial charge in [0.25, 0.3) is 0 Å². The van der Waals surface area contributed by atoms with Gasteiger partial charge in [-0.05, 0) is 104 Å². The smallest absolute Gasteiger partial charge is 0.303 e. The average Bonchev–Trinajstić information content (AvgIpc) is 3.00. The number of carboxylic acid groups (broad SMARTS) is 1. The standard InChI is InChI=1S/C29H48O4/c1-18(8-11-25(31)32)20-12-16-29(7)22-9-10-23-26(3,4)24(33-19(2)30)14-15-27(23,5)21(22)13-17-28(20,29)6/h18,20-24H,8-17H2,1-7H3,(H,31,32)/t18?,20?,21?,22?,23?,24-,27+,28+,29-/m0/s1. The molecule has 4 rings (SSSR count). The fraction of sp³-hybridized carbons (Fsp3) is 0.931. The Morgan fingerprint density at radius 2 is 1.58 bits per heavy atom. The molecule has 5 unspecified atom stereocenters. The lowest BCUT2D eigenvalue weighted by molar-refractivity contribution is -0.209. The summed E-state index contributed by atoms with van der Waals surface area (Å²) in [6.07, 6.45) is 11.0. The number of fused-ring (bicyclic) bond motifs is 5. The van der Waals surface area contributed by atoms with Gasteiger partial charge in [-0.3, -0.25) is 9.59 Å². The molecule has 4 aliphatic rings. The second-order valence-electron chi connectivity index (χ2n) is 13.7. The molecule has 4 saturated carbocycles. The molecular weight excluding hydrogens is 412 g/mol. The number of aliphatic carboxylic acids is 1. The van der Waals surface area contributed by atoms with Gasteiger partial charge in [0, 0.05) is 18.8 Å². The van der Waals surface area contributed by atoms with E-state index in [0.717, 1.165) is 24.7 Å². The molecule has 0 heterocycles. The van der Waals surface area contributed by atoms with Crippen LogP contribution >= 0.6 is 0 Å². The molecule has 9 atom stereocenters. The lowest BCUT2D eigenvalue weighted by Gasteiger charge is -2.67. The number of carbonyl (C=O) groups excluding carboxylic acids is 1. The molecule has 0 aromatic heterocycles. The molecular formula is C29H48O4. The minimum absolute atomic E-state index is 0.0227. The third-order valence-corrected chi connectivity index (χ3v) is 12.3. The fourth-order valence-electron chi connectivity index (χ4n) is 10.4. The monoisotopic (exact) mass is 460 g/mol. The van der Waals surface area contributed by atoms with Crippen molar-refractivity contribution in [3.8, 4) is 0 Å². The molecule has 1 N–H and O–H groups in total. The number of hydrogen-bond acceptors (Lipinski definition) is 3. The molecule has 4 aliphatic carbocycles. The molecule has 0 spiro atoms. The SMILES string of the molecule is CC(=O)O[C@H]1CC[C@]2(C)C3CC[C@]4(C)C(C(C)CCC(=O)O)CC[C@@]4(C)C3CCC2C1(C)C. The van der Waals surface area contributed by atoms with Crippen molar-refractivity contribution in [3.63, 3.8) is 0 Å². The zero-order valence-corrected chi connectivity index (χ0v) is 22.2. The van der Waals surface area contributed by atoms with Gasteiger partial charge in [-0.1, -0.05) is 41.5 Å². The van der Waals surface area contributed by atoms with Gasteiger partial charge in [0.05, 0.1) is 0 Å². The zero-order chi connectivity index (χ0) is 24.4. The highest BCUT2D eigenvalue weighted by Gasteiger charge is 2.67. The topological polar surface area (TPSA) is 63.6 Å². The molecule has 0 aromatic carbocycles. The quantitative estimate of drug-likeness (QED) is 0.444. The van der Waals surface area contributed by atoms with Crippen LogP contribution in [-0.4, -0.2) is 23.1 Å². The summed E-state index contributed by atoms with van der Waals surface area (Å²) in [5, 5.41) is 9.23. The summed E-state index contributed by atoms with van der Waals surface area (Å²) in [7, 11) is 0. The van der Waals surface area contributed by atoms with Crippen LogP contribution in [0.15, 0.2) is 0 Å². The summed E-state index contributed by atoms with van der Waals surface area (Å²) in [4.78, 5) is 23.0. The summed E-state index contributed by atoms with van der Waals surface area (Å²) in [5.74, 6) is 2.44. The highest BCUT2D eigenvalue weighted by Crippen LogP contribution is 2.74. The molecule has 0 radical (unpaired) electrons. The summed E-state index contributed by atoms with van der Waals surface area (Å²) in [6.45, 7) is 16.3. The Morgan fingerprint density at radius 1 is 0.909 bits per heavy atom. The van der Waals surface area contributed by atoms with E-state index in [9.17, 15) is 14.7 Å². The van der Waals surface area contributed by atoms with Gasteiger partial charge >= 0.3 is 11.9 Å². The van der Waals surface area contributed by atoms with E-state index >= 15 is 0 Å². The van der Waals surface area contributed by atoms with Crippen molar-refractivity contribution in [3.05, 3.63) is 0 Å². The summed E-state index contributed by atoms with van der Waals surface area (Å²) in [5.41, 5.74) is 1.01. The van der Waals surface area contributed by atoms with E-state index in [0.29, 0.717) is 40.4 Å². The maximum atomic E-state index is 11.8. The first-order valence-corrected chi connectivity index (χ1v) is 13.7. The maximum absolute atomic E-state index is 11.8. The van der Waals surface area contributed by atoms with Crippen LogP contribution in [0.4, 0.5) is 0 Å². The molecule has 0 aliphatic heterocycles. The lowest BCUT2D eigenvalue weighted by atomic mass is 9.38. The number of ether oxygens (including phenoxy) is 1. The van der Waals surface area contributed by atoms with E-state index < -0.39 is 5.97 Å². The molecule has 188 valence electrons. The van der Waals surface area contributed by atoms with Crippen molar-refractivity contribution in [2.24, 2.45) is 51.2 Å². The van der Waals surface area contributed by atoms with Gasteiger partial charge in [-0.25, -0.2) is 0 Å². The third-order valence-electron chi connectivity index (χ3n) is 12.3. The predicted molar refractivity (Wildman–Crippen MR) is 131 cm³/mol. The Hall–Kier alpha value is -1.06. The van der Waals surface area contributed by atoms with Gasteiger partial charge in [0.1, 0.15) is 6.10 Å². The molecule has 33 heavy (non-hydrogen) atoms. The summed E-state index contributed by atoms with van der Waals surface area (Å²) < 4.78 is 5.84. The molecule has 0 saturated heterocycles. The van der Waals surface area contributed by atoms with Gasteiger partial charge in [0.15, 0.2) is 0 Å². The van der Waals surface area contributed by atoms with E-state index in [-0.39, 0.29) is 17.5 Å².